The normalized spacial score (nSPS) is 17.4. The minimum absolute atomic E-state index is 0.0540. The van der Waals surface area contributed by atoms with Gasteiger partial charge in [-0.1, -0.05) is 0 Å². The van der Waals surface area contributed by atoms with Gasteiger partial charge in [-0.25, -0.2) is 14.4 Å². The van der Waals surface area contributed by atoms with Crippen molar-refractivity contribution in [3.63, 3.8) is 0 Å². The lowest BCUT2D eigenvalue weighted by molar-refractivity contribution is 0.0975. The molecule has 1 saturated heterocycles. The third-order valence-corrected chi connectivity index (χ3v) is 6.56. The van der Waals surface area contributed by atoms with Crippen molar-refractivity contribution in [3.05, 3.63) is 46.5 Å². The molecule has 0 radical (unpaired) electrons. The number of rotatable bonds is 8. The molecule has 6 nitrogen and oxygen atoms in total. The minimum atomic E-state index is -0.390. The Bertz CT molecular complexity index is 1050. The first-order valence-electron chi connectivity index (χ1n) is 10.4. The number of nitrogens with zero attached hydrogens (tertiary/aromatic N) is 3. The monoisotopic (exact) mass is 427 g/mol. The highest BCUT2D eigenvalue weighted by molar-refractivity contribution is 7.19. The molecule has 0 aromatic carbocycles. The third-order valence-electron chi connectivity index (χ3n) is 5.51. The number of ketones is 1. The smallest absolute Gasteiger partial charge is 0.224 e. The van der Waals surface area contributed by atoms with Gasteiger partial charge in [0.1, 0.15) is 11.5 Å². The van der Waals surface area contributed by atoms with Crippen LogP contribution in [-0.2, 0) is 0 Å². The molecule has 1 fully saturated rings. The summed E-state index contributed by atoms with van der Waals surface area (Å²) in [6.45, 7) is 6.02. The van der Waals surface area contributed by atoms with E-state index in [2.05, 4.69) is 25.6 Å². The largest absolute Gasteiger partial charge is 0.348 e. The number of hydrogen-bond acceptors (Lipinski definition) is 7. The molecule has 30 heavy (non-hydrogen) atoms. The van der Waals surface area contributed by atoms with Crippen LogP contribution >= 0.6 is 11.3 Å². The molecule has 4 rings (SSSR count). The summed E-state index contributed by atoms with van der Waals surface area (Å²) < 4.78 is 14.3. The Kier molecular flexibility index (Phi) is 6.34. The molecule has 0 saturated carbocycles. The van der Waals surface area contributed by atoms with Crippen molar-refractivity contribution >= 4 is 33.3 Å². The van der Waals surface area contributed by atoms with Crippen LogP contribution in [0.2, 0.25) is 0 Å². The van der Waals surface area contributed by atoms with E-state index in [9.17, 15) is 9.18 Å². The molecule has 8 heteroatoms. The fraction of sp³-hybridized carbons (Fsp3) is 0.455. The molecule has 0 aliphatic carbocycles. The number of pyridine rings is 1. The number of halogens is 1. The van der Waals surface area contributed by atoms with E-state index < -0.39 is 0 Å². The van der Waals surface area contributed by atoms with Crippen molar-refractivity contribution in [2.45, 2.75) is 45.6 Å². The third kappa shape index (κ3) is 4.82. The van der Waals surface area contributed by atoms with Gasteiger partial charge < -0.3 is 10.6 Å². The number of anilines is 1. The molecule has 2 atom stereocenters. The second kappa shape index (κ2) is 9.14. The Hall–Kier alpha value is -2.45. The van der Waals surface area contributed by atoms with Gasteiger partial charge in [0.25, 0.3) is 0 Å². The van der Waals surface area contributed by atoms with Crippen molar-refractivity contribution in [2.75, 3.05) is 18.4 Å². The van der Waals surface area contributed by atoms with Crippen LogP contribution in [0.15, 0.2) is 24.5 Å². The average molecular weight is 428 g/mol. The highest BCUT2D eigenvalue weighted by atomic mass is 32.1. The van der Waals surface area contributed by atoms with E-state index in [0.717, 1.165) is 41.0 Å². The highest BCUT2D eigenvalue weighted by Gasteiger charge is 2.20. The van der Waals surface area contributed by atoms with Gasteiger partial charge in [-0.15, -0.1) is 11.3 Å². The zero-order valence-corrected chi connectivity index (χ0v) is 18.1. The van der Waals surface area contributed by atoms with E-state index in [1.807, 2.05) is 19.9 Å². The number of hydrogen-bond donors (Lipinski definition) is 2. The predicted octanol–water partition coefficient (Wildman–Crippen LogP) is 4.67. The zero-order chi connectivity index (χ0) is 21.1. The summed E-state index contributed by atoms with van der Waals surface area (Å²) >= 11 is 1.55. The number of aromatic nitrogens is 3. The van der Waals surface area contributed by atoms with Gasteiger partial charge in [0.2, 0.25) is 5.95 Å². The summed E-state index contributed by atoms with van der Waals surface area (Å²) in [4.78, 5) is 27.1. The molecule has 2 N–H and O–H groups in total. The van der Waals surface area contributed by atoms with Crippen molar-refractivity contribution in [3.8, 4) is 0 Å². The van der Waals surface area contributed by atoms with Gasteiger partial charge in [-0.2, -0.15) is 0 Å². The van der Waals surface area contributed by atoms with Crippen LogP contribution in [0.5, 0.6) is 0 Å². The summed E-state index contributed by atoms with van der Waals surface area (Å²) in [7, 11) is 0. The maximum atomic E-state index is 13.5. The van der Waals surface area contributed by atoms with Crippen LogP contribution in [-0.4, -0.2) is 33.8 Å². The summed E-state index contributed by atoms with van der Waals surface area (Å²) in [5.74, 6) is 0.711. The van der Waals surface area contributed by atoms with Crippen LogP contribution in [0, 0.1) is 18.7 Å². The lowest BCUT2D eigenvalue weighted by Crippen LogP contribution is -2.13. The Labute approximate surface area is 179 Å². The number of aryl methyl sites for hydroxylation is 1. The summed E-state index contributed by atoms with van der Waals surface area (Å²) in [6, 6.07) is 3.16. The number of thiophene rings is 1. The number of carbonyl (C=O) groups is 1. The maximum absolute atomic E-state index is 13.5. The van der Waals surface area contributed by atoms with E-state index in [4.69, 9.17) is 0 Å². The summed E-state index contributed by atoms with van der Waals surface area (Å²) in [5.41, 5.74) is 1.94. The van der Waals surface area contributed by atoms with Crippen LogP contribution in [0.3, 0.4) is 0 Å². The lowest BCUT2D eigenvalue weighted by atomic mass is 9.99. The van der Waals surface area contributed by atoms with E-state index in [1.165, 1.54) is 18.7 Å². The van der Waals surface area contributed by atoms with Gasteiger partial charge in [0, 0.05) is 17.5 Å². The topological polar surface area (TPSA) is 79.8 Å². The summed E-state index contributed by atoms with van der Waals surface area (Å²) in [6.07, 6.45) is 6.39. The van der Waals surface area contributed by atoms with E-state index in [-0.39, 0.29) is 17.6 Å². The van der Waals surface area contributed by atoms with Gasteiger partial charge in [-0.05, 0) is 69.8 Å². The molecular formula is C22H26FN5OS. The Morgan fingerprint density at radius 2 is 2.23 bits per heavy atom. The number of nitrogens with one attached hydrogen (secondary N) is 2. The molecule has 1 aliphatic heterocycles. The molecule has 4 heterocycles. The molecule has 0 bridgehead atoms. The molecule has 1 aliphatic rings. The summed E-state index contributed by atoms with van der Waals surface area (Å²) in [5, 5.41) is 6.57. The maximum Gasteiger partial charge on any atom is 0.224 e. The van der Waals surface area contributed by atoms with Crippen LogP contribution in [0.4, 0.5) is 10.3 Å². The molecule has 0 amide bonds. The number of Topliss-reactive ketones (excluding diaryl/α,β-unsaturated/α-hetero) is 1. The molecule has 3 aromatic heterocycles. The van der Waals surface area contributed by atoms with Crippen LogP contribution in [0.25, 0.3) is 10.2 Å². The van der Waals surface area contributed by atoms with Gasteiger partial charge in [0.15, 0.2) is 5.78 Å². The van der Waals surface area contributed by atoms with Crippen molar-refractivity contribution in [1.82, 2.24) is 20.3 Å². The quantitative estimate of drug-likeness (QED) is 0.509. The van der Waals surface area contributed by atoms with Crippen LogP contribution in [0.1, 0.15) is 59.6 Å². The Balaban J connectivity index is 1.53. The number of fused-ring (bicyclic) bond motifs is 1. The molecule has 0 spiro atoms. The van der Waals surface area contributed by atoms with E-state index >= 15 is 0 Å². The average Bonchev–Trinajstić information content (AvgIpc) is 3.36. The van der Waals surface area contributed by atoms with Gasteiger partial charge >= 0.3 is 0 Å². The van der Waals surface area contributed by atoms with E-state index in [1.54, 1.807) is 17.5 Å². The van der Waals surface area contributed by atoms with E-state index in [0.29, 0.717) is 29.5 Å². The van der Waals surface area contributed by atoms with Crippen molar-refractivity contribution in [1.29, 1.82) is 0 Å². The van der Waals surface area contributed by atoms with Crippen molar-refractivity contribution in [2.24, 2.45) is 5.92 Å². The second-order valence-corrected chi connectivity index (χ2v) is 9.20. The standard InChI is InChI=1S/C22H26FN5OS/c1-13-8-18-21(30-13)20(19(29)5-3-4-15-6-7-24-10-15)28-22(27-18)26-14(2)16-9-17(23)12-25-11-16/h8-9,11-12,14-15,24H,3-7,10H2,1-2H3,(H,26,27,28)/t14-,15+/m0/s1. The first-order chi connectivity index (χ1) is 14.5. The zero-order valence-electron chi connectivity index (χ0n) is 17.2. The fourth-order valence-corrected chi connectivity index (χ4v) is 4.83. The molecular weight excluding hydrogens is 401 g/mol. The van der Waals surface area contributed by atoms with Crippen LogP contribution < -0.4 is 10.6 Å². The highest BCUT2D eigenvalue weighted by Crippen LogP contribution is 2.29. The fourth-order valence-electron chi connectivity index (χ4n) is 3.88. The minimum Gasteiger partial charge on any atom is -0.348 e. The first-order valence-corrected chi connectivity index (χ1v) is 11.2. The Morgan fingerprint density at radius 1 is 1.37 bits per heavy atom. The number of carbonyl (C=O) groups excluding carboxylic acids is 1. The van der Waals surface area contributed by atoms with Gasteiger partial charge in [0.05, 0.1) is 22.5 Å². The Morgan fingerprint density at radius 3 is 3.00 bits per heavy atom. The second-order valence-electron chi connectivity index (χ2n) is 7.94. The predicted molar refractivity (Wildman–Crippen MR) is 118 cm³/mol. The SMILES string of the molecule is Cc1cc2nc(N[C@@H](C)c3cncc(F)c3)nc(C(=O)CCC[C@@H]3CCNC3)c2s1. The molecule has 3 aromatic rings. The first kappa shape index (κ1) is 20.8. The van der Waals surface area contributed by atoms with Crippen molar-refractivity contribution < 1.29 is 9.18 Å². The molecule has 158 valence electrons. The van der Waals surface area contributed by atoms with Gasteiger partial charge in [-0.3, -0.25) is 9.78 Å². The lowest BCUT2D eigenvalue weighted by Gasteiger charge is -2.15. The molecule has 0 unspecified atom stereocenters.